The molecule has 1 amide bonds. The van der Waals surface area contributed by atoms with E-state index in [9.17, 15) is 9.90 Å². The zero-order chi connectivity index (χ0) is 15.2. The highest BCUT2D eigenvalue weighted by molar-refractivity contribution is 5.95. The van der Waals surface area contributed by atoms with E-state index in [4.69, 9.17) is 0 Å². The number of carbonyl (C=O) groups is 1. The van der Waals surface area contributed by atoms with Crippen LogP contribution in [0.15, 0.2) is 6.20 Å². The Balaban J connectivity index is 1.86. The van der Waals surface area contributed by atoms with Crippen LogP contribution in [0.5, 0.6) is 0 Å². The molecule has 1 saturated carbocycles. The van der Waals surface area contributed by atoms with E-state index in [1.807, 2.05) is 11.6 Å². The molecule has 1 aromatic rings. The SMILES string of the molecule is CCCCn1ncc(C(=O)NCC(O)C2CCCC2)c1C. The molecule has 1 aromatic heterocycles. The molecule has 21 heavy (non-hydrogen) atoms. The highest BCUT2D eigenvalue weighted by Crippen LogP contribution is 2.27. The van der Waals surface area contributed by atoms with E-state index < -0.39 is 6.10 Å². The van der Waals surface area contributed by atoms with Crippen molar-refractivity contribution in [3.63, 3.8) is 0 Å². The first-order valence-corrected chi connectivity index (χ1v) is 8.12. The van der Waals surface area contributed by atoms with Crippen molar-refractivity contribution in [1.29, 1.82) is 0 Å². The van der Waals surface area contributed by atoms with Gasteiger partial charge >= 0.3 is 0 Å². The van der Waals surface area contributed by atoms with Crippen molar-refractivity contribution in [1.82, 2.24) is 15.1 Å². The van der Waals surface area contributed by atoms with Gasteiger partial charge < -0.3 is 10.4 Å². The maximum Gasteiger partial charge on any atom is 0.254 e. The van der Waals surface area contributed by atoms with E-state index in [-0.39, 0.29) is 5.91 Å². The van der Waals surface area contributed by atoms with E-state index in [1.165, 1.54) is 12.8 Å². The number of nitrogens with one attached hydrogen (secondary N) is 1. The highest BCUT2D eigenvalue weighted by Gasteiger charge is 2.24. The minimum absolute atomic E-state index is 0.132. The molecule has 2 rings (SSSR count). The van der Waals surface area contributed by atoms with Crippen molar-refractivity contribution < 1.29 is 9.90 Å². The molecule has 0 bridgehead atoms. The van der Waals surface area contributed by atoms with Crippen LogP contribution in [0.3, 0.4) is 0 Å². The molecular weight excluding hydrogens is 266 g/mol. The molecule has 1 fully saturated rings. The fourth-order valence-corrected chi connectivity index (χ4v) is 3.00. The standard InChI is InChI=1S/C16H27N3O2/c1-3-4-9-19-12(2)14(10-18-19)16(21)17-11-15(20)13-7-5-6-8-13/h10,13,15,20H,3-9,11H2,1-2H3,(H,17,21). The molecule has 0 aromatic carbocycles. The monoisotopic (exact) mass is 293 g/mol. The first kappa shape index (κ1) is 16.0. The average Bonchev–Trinajstić information content (AvgIpc) is 3.12. The van der Waals surface area contributed by atoms with Crippen LogP contribution < -0.4 is 5.32 Å². The van der Waals surface area contributed by atoms with Crippen LogP contribution in [-0.2, 0) is 6.54 Å². The second-order valence-corrected chi connectivity index (χ2v) is 6.04. The predicted octanol–water partition coefficient (Wildman–Crippen LogP) is 2.27. The third-order valence-electron chi connectivity index (χ3n) is 4.49. The van der Waals surface area contributed by atoms with E-state index in [0.29, 0.717) is 18.0 Å². The van der Waals surface area contributed by atoms with Crippen LogP contribution in [0, 0.1) is 12.8 Å². The lowest BCUT2D eigenvalue weighted by Gasteiger charge is -2.17. The van der Waals surface area contributed by atoms with Gasteiger partial charge in [-0.25, -0.2) is 0 Å². The number of amides is 1. The number of aryl methyl sites for hydroxylation is 1. The van der Waals surface area contributed by atoms with Gasteiger partial charge in [-0.15, -0.1) is 0 Å². The van der Waals surface area contributed by atoms with Crippen LogP contribution >= 0.6 is 0 Å². The summed E-state index contributed by atoms with van der Waals surface area (Å²) in [5.41, 5.74) is 1.51. The van der Waals surface area contributed by atoms with Crippen LogP contribution in [0.2, 0.25) is 0 Å². The number of aliphatic hydroxyl groups excluding tert-OH is 1. The second-order valence-electron chi connectivity index (χ2n) is 6.04. The maximum absolute atomic E-state index is 12.2. The molecule has 5 heteroatoms. The topological polar surface area (TPSA) is 67.2 Å². The molecule has 5 nitrogen and oxygen atoms in total. The highest BCUT2D eigenvalue weighted by atomic mass is 16.3. The van der Waals surface area contributed by atoms with Gasteiger partial charge in [0.25, 0.3) is 5.91 Å². The van der Waals surface area contributed by atoms with E-state index >= 15 is 0 Å². The maximum atomic E-state index is 12.2. The molecule has 1 aliphatic carbocycles. The van der Waals surface area contributed by atoms with Crippen molar-refractivity contribution in [2.45, 2.75) is 65.0 Å². The lowest BCUT2D eigenvalue weighted by molar-refractivity contribution is 0.0840. The molecule has 1 unspecified atom stereocenters. The quantitative estimate of drug-likeness (QED) is 0.810. The molecule has 0 spiro atoms. The summed E-state index contributed by atoms with van der Waals surface area (Å²) in [6.45, 7) is 5.24. The lowest BCUT2D eigenvalue weighted by atomic mass is 10.0. The smallest absolute Gasteiger partial charge is 0.254 e. The number of carbonyl (C=O) groups excluding carboxylic acids is 1. The number of hydrogen-bond donors (Lipinski definition) is 2. The lowest BCUT2D eigenvalue weighted by Crippen LogP contribution is -2.35. The Morgan fingerprint density at radius 3 is 2.90 bits per heavy atom. The minimum atomic E-state index is -0.424. The van der Waals surface area contributed by atoms with Gasteiger partial charge in [0.1, 0.15) is 0 Å². The summed E-state index contributed by atoms with van der Waals surface area (Å²) in [5, 5.41) is 17.2. The molecule has 0 aliphatic heterocycles. The van der Waals surface area contributed by atoms with Gasteiger partial charge in [-0.05, 0) is 32.1 Å². The Morgan fingerprint density at radius 1 is 1.52 bits per heavy atom. The Morgan fingerprint density at radius 2 is 2.24 bits per heavy atom. The van der Waals surface area contributed by atoms with E-state index in [2.05, 4.69) is 17.3 Å². The van der Waals surface area contributed by atoms with Gasteiger partial charge in [-0.2, -0.15) is 5.10 Å². The zero-order valence-electron chi connectivity index (χ0n) is 13.1. The molecular formula is C16H27N3O2. The van der Waals surface area contributed by atoms with Crippen LogP contribution in [0.1, 0.15) is 61.5 Å². The largest absolute Gasteiger partial charge is 0.391 e. The van der Waals surface area contributed by atoms with Crippen LogP contribution in [0.25, 0.3) is 0 Å². The Kier molecular flexibility index (Phi) is 5.79. The Hall–Kier alpha value is -1.36. The van der Waals surface area contributed by atoms with Gasteiger partial charge in [0.05, 0.1) is 17.9 Å². The van der Waals surface area contributed by atoms with Crippen molar-refractivity contribution in [2.24, 2.45) is 5.92 Å². The number of nitrogens with zero attached hydrogens (tertiary/aromatic N) is 2. The summed E-state index contributed by atoms with van der Waals surface area (Å²) in [5.74, 6) is 0.214. The summed E-state index contributed by atoms with van der Waals surface area (Å²) >= 11 is 0. The zero-order valence-corrected chi connectivity index (χ0v) is 13.1. The predicted molar refractivity (Wildman–Crippen MR) is 82.2 cm³/mol. The van der Waals surface area contributed by atoms with E-state index in [1.54, 1.807) is 6.20 Å². The van der Waals surface area contributed by atoms with Crippen LogP contribution in [0.4, 0.5) is 0 Å². The first-order valence-electron chi connectivity index (χ1n) is 8.12. The van der Waals surface area contributed by atoms with Crippen molar-refractivity contribution in [3.05, 3.63) is 17.5 Å². The van der Waals surface area contributed by atoms with Gasteiger partial charge in [0.2, 0.25) is 0 Å². The summed E-state index contributed by atoms with van der Waals surface area (Å²) < 4.78 is 1.88. The van der Waals surface area contributed by atoms with Gasteiger partial charge in [-0.1, -0.05) is 26.2 Å². The van der Waals surface area contributed by atoms with Gasteiger partial charge in [0.15, 0.2) is 0 Å². The van der Waals surface area contributed by atoms with Crippen molar-refractivity contribution >= 4 is 5.91 Å². The summed E-state index contributed by atoms with van der Waals surface area (Å²) in [6, 6.07) is 0. The molecule has 118 valence electrons. The summed E-state index contributed by atoms with van der Waals surface area (Å²) in [7, 11) is 0. The number of hydrogen-bond acceptors (Lipinski definition) is 3. The number of unbranched alkanes of at least 4 members (excludes halogenated alkanes) is 1. The molecule has 1 atom stereocenters. The Bertz CT molecular complexity index is 464. The molecule has 1 aliphatic rings. The number of aromatic nitrogens is 2. The van der Waals surface area contributed by atoms with Crippen molar-refractivity contribution in [3.8, 4) is 0 Å². The summed E-state index contributed by atoms with van der Waals surface area (Å²) in [4.78, 5) is 12.2. The molecule has 0 radical (unpaired) electrons. The minimum Gasteiger partial charge on any atom is -0.391 e. The van der Waals surface area contributed by atoms with E-state index in [0.717, 1.165) is 37.9 Å². The van der Waals surface area contributed by atoms with Gasteiger partial charge in [0, 0.05) is 18.8 Å². The third kappa shape index (κ3) is 4.06. The second kappa shape index (κ2) is 7.59. The molecule has 0 saturated heterocycles. The third-order valence-corrected chi connectivity index (χ3v) is 4.49. The molecule has 2 N–H and O–H groups in total. The average molecular weight is 293 g/mol. The van der Waals surface area contributed by atoms with Crippen LogP contribution in [-0.4, -0.2) is 33.4 Å². The Labute approximate surface area is 126 Å². The fourth-order valence-electron chi connectivity index (χ4n) is 3.00. The molecule has 1 heterocycles. The van der Waals surface area contributed by atoms with Crippen molar-refractivity contribution in [2.75, 3.05) is 6.54 Å². The van der Waals surface area contributed by atoms with Gasteiger partial charge in [-0.3, -0.25) is 9.48 Å². The summed E-state index contributed by atoms with van der Waals surface area (Å²) in [6.07, 6.45) is 7.90. The number of rotatable bonds is 7. The first-order chi connectivity index (χ1) is 10.1. The fraction of sp³-hybridized carbons (Fsp3) is 0.750. The number of aliphatic hydroxyl groups is 1. The normalized spacial score (nSPS) is 17.1.